The molecule has 2 unspecified atom stereocenters. The van der Waals surface area contributed by atoms with E-state index in [-0.39, 0.29) is 0 Å². The molecule has 4 aliphatic rings. The molecule has 0 aromatic heterocycles. The Morgan fingerprint density at radius 1 is 0.500 bits per heavy atom. The van der Waals surface area contributed by atoms with Crippen LogP contribution in [0.1, 0.15) is 142 Å². The molecule has 0 aromatic carbocycles. The van der Waals surface area contributed by atoms with E-state index in [1.165, 1.54) is 128 Å². The van der Waals surface area contributed by atoms with Gasteiger partial charge in [0.25, 0.3) is 0 Å². The van der Waals surface area contributed by atoms with Crippen molar-refractivity contribution in [3.8, 4) is 0 Å². The molecule has 0 amide bonds. The van der Waals surface area contributed by atoms with Crippen LogP contribution in [-0.2, 0) is 4.79 Å². The van der Waals surface area contributed by atoms with Gasteiger partial charge in [-0.2, -0.15) is 0 Å². The van der Waals surface area contributed by atoms with Crippen LogP contribution in [0.5, 0.6) is 0 Å². The topological polar surface area (TPSA) is 17.1 Å². The van der Waals surface area contributed by atoms with E-state index < -0.39 is 0 Å². The van der Waals surface area contributed by atoms with E-state index in [0.29, 0.717) is 23.7 Å². The maximum absolute atomic E-state index is 14.7. The molecule has 2 atom stereocenters. The lowest BCUT2D eigenvalue weighted by Gasteiger charge is -2.44. The predicted molar refractivity (Wildman–Crippen MR) is 137 cm³/mol. The highest BCUT2D eigenvalue weighted by atomic mass is 16.1. The molecule has 0 aliphatic heterocycles. The van der Waals surface area contributed by atoms with Gasteiger partial charge in [0.15, 0.2) is 0 Å². The molecule has 0 saturated heterocycles. The fourth-order valence-corrected chi connectivity index (χ4v) is 8.82. The normalized spacial score (nSPS) is 35.3. The van der Waals surface area contributed by atoms with E-state index in [1.54, 1.807) is 0 Å². The fourth-order valence-electron chi connectivity index (χ4n) is 8.82. The maximum atomic E-state index is 14.7. The third-order valence-corrected chi connectivity index (χ3v) is 10.9. The smallest absolute Gasteiger partial charge is 0.140 e. The van der Waals surface area contributed by atoms with Crippen molar-refractivity contribution in [2.75, 3.05) is 0 Å². The zero-order valence-corrected chi connectivity index (χ0v) is 21.7. The second-order valence-corrected chi connectivity index (χ2v) is 12.6. The molecule has 4 rings (SSSR count). The third kappa shape index (κ3) is 6.02. The summed E-state index contributed by atoms with van der Waals surface area (Å²) in [4.78, 5) is 14.7. The van der Waals surface area contributed by atoms with Gasteiger partial charge in [0.2, 0.25) is 0 Å². The second kappa shape index (κ2) is 12.4. The Morgan fingerprint density at radius 3 is 1.12 bits per heavy atom. The lowest BCUT2D eigenvalue weighted by molar-refractivity contribution is -0.137. The molecule has 0 radical (unpaired) electrons. The molecule has 0 aromatic rings. The van der Waals surface area contributed by atoms with Crippen molar-refractivity contribution in [2.24, 2.45) is 47.3 Å². The average molecular weight is 443 g/mol. The van der Waals surface area contributed by atoms with E-state index in [4.69, 9.17) is 0 Å². The van der Waals surface area contributed by atoms with Gasteiger partial charge < -0.3 is 0 Å². The first kappa shape index (κ1) is 24.8. The largest absolute Gasteiger partial charge is 0.299 e. The SMILES string of the molecule is CCC1CCC(C(C(=O)C(C2CCCCC2)C2CCC(CC)CC2)C2CCCCC2)CC1. The van der Waals surface area contributed by atoms with E-state index in [1.807, 2.05) is 0 Å². The highest BCUT2D eigenvalue weighted by molar-refractivity contribution is 5.84. The van der Waals surface area contributed by atoms with Gasteiger partial charge in [0, 0.05) is 11.8 Å². The first-order chi connectivity index (χ1) is 15.7. The summed E-state index contributed by atoms with van der Waals surface area (Å²) in [7, 11) is 0. The number of rotatable bonds is 8. The number of Topliss-reactive ketones (excluding diaryl/α,β-unsaturated/α-hetero) is 1. The fraction of sp³-hybridized carbons (Fsp3) is 0.968. The number of carbonyl (C=O) groups is 1. The minimum Gasteiger partial charge on any atom is -0.299 e. The molecule has 0 heterocycles. The van der Waals surface area contributed by atoms with Crippen LogP contribution in [0.4, 0.5) is 0 Å². The zero-order chi connectivity index (χ0) is 22.3. The molecular weight excluding hydrogens is 388 g/mol. The van der Waals surface area contributed by atoms with Gasteiger partial charge in [-0.1, -0.05) is 90.9 Å². The number of ketones is 1. The Kier molecular flexibility index (Phi) is 9.60. The van der Waals surface area contributed by atoms with Gasteiger partial charge in [-0.3, -0.25) is 4.79 Å². The van der Waals surface area contributed by atoms with E-state index in [9.17, 15) is 4.79 Å². The van der Waals surface area contributed by atoms with Crippen molar-refractivity contribution in [2.45, 2.75) is 142 Å². The average Bonchev–Trinajstić information content (AvgIpc) is 2.86. The van der Waals surface area contributed by atoms with Gasteiger partial charge in [-0.15, -0.1) is 0 Å². The number of carbonyl (C=O) groups excluding carboxylic acids is 1. The molecule has 0 spiro atoms. The van der Waals surface area contributed by atoms with Gasteiger partial charge in [-0.25, -0.2) is 0 Å². The van der Waals surface area contributed by atoms with Crippen LogP contribution in [0, 0.1) is 47.3 Å². The summed E-state index contributed by atoms with van der Waals surface area (Å²) in [5, 5.41) is 0. The Morgan fingerprint density at radius 2 is 0.812 bits per heavy atom. The third-order valence-electron chi connectivity index (χ3n) is 10.9. The summed E-state index contributed by atoms with van der Waals surface area (Å²) >= 11 is 0. The summed E-state index contributed by atoms with van der Waals surface area (Å²) in [6, 6.07) is 0. The van der Waals surface area contributed by atoms with Crippen molar-refractivity contribution in [1.82, 2.24) is 0 Å². The molecule has 1 heteroatoms. The van der Waals surface area contributed by atoms with Crippen LogP contribution in [-0.4, -0.2) is 5.78 Å². The predicted octanol–water partition coefficient (Wildman–Crippen LogP) is 9.38. The number of hydrogen-bond donors (Lipinski definition) is 0. The van der Waals surface area contributed by atoms with Crippen LogP contribution >= 0.6 is 0 Å². The van der Waals surface area contributed by atoms with Gasteiger partial charge in [0.05, 0.1) is 0 Å². The quantitative estimate of drug-likeness (QED) is 0.366. The molecule has 4 saturated carbocycles. The molecule has 0 bridgehead atoms. The lowest BCUT2D eigenvalue weighted by Crippen LogP contribution is -2.43. The van der Waals surface area contributed by atoms with Crippen molar-refractivity contribution >= 4 is 5.78 Å². The highest BCUT2D eigenvalue weighted by Gasteiger charge is 2.45. The van der Waals surface area contributed by atoms with Crippen LogP contribution in [0.2, 0.25) is 0 Å². The van der Waals surface area contributed by atoms with Crippen LogP contribution < -0.4 is 0 Å². The summed E-state index contributed by atoms with van der Waals surface area (Å²) in [6.45, 7) is 4.75. The summed E-state index contributed by atoms with van der Waals surface area (Å²) in [5.74, 6) is 6.39. The first-order valence-corrected chi connectivity index (χ1v) is 15.2. The van der Waals surface area contributed by atoms with E-state index >= 15 is 0 Å². The second-order valence-electron chi connectivity index (χ2n) is 12.6. The van der Waals surface area contributed by atoms with E-state index in [2.05, 4.69) is 13.8 Å². The maximum Gasteiger partial charge on any atom is 0.140 e. The van der Waals surface area contributed by atoms with E-state index in [0.717, 1.165) is 29.5 Å². The van der Waals surface area contributed by atoms with Gasteiger partial charge >= 0.3 is 0 Å². The lowest BCUT2D eigenvalue weighted by atomic mass is 9.59. The summed E-state index contributed by atoms with van der Waals surface area (Å²) in [6.07, 6.45) is 27.4. The van der Waals surface area contributed by atoms with Crippen molar-refractivity contribution < 1.29 is 4.79 Å². The van der Waals surface area contributed by atoms with Crippen LogP contribution in [0.25, 0.3) is 0 Å². The monoisotopic (exact) mass is 442 g/mol. The molecule has 4 fully saturated rings. The number of hydrogen-bond acceptors (Lipinski definition) is 1. The Hall–Kier alpha value is -0.330. The van der Waals surface area contributed by atoms with Gasteiger partial charge in [-0.05, 0) is 86.9 Å². The van der Waals surface area contributed by atoms with Gasteiger partial charge in [0.1, 0.15) is 5.78 Å². The van der Waals surface area contributed by atoms with Crippen molar-refractivity contribution in [1.29, 1.82) is 0 Å². The minimum absolute atomic E-state index is 0.420. The Bertz CT molecular complexity index is 491. The van der Waals surface area contributed by atoms with Crippen molar-refractivity contribution in [3.05, 3.63) is 0 Å². The van der Waals surface area contributed by atoms with Crippen LogP contribution in [0.15, 0.2) is 0 Å². The minimum atomic E-state index is 0.420. The van der Waals surface area contributed by atoms with Crippen LogP contribution in [0.3, 0.4) is 0 Å². The first-order valence-electron chi connectivity index (χ1n) is 15.2. The highest BCUT2D eigenvalue weighted by Crippen LogP contribution is 2.48. The Balaban J connectivity index is 1.55. The standard InChI is InChI=1S/C31H54O/c1-3-23-15-19-27(20-16-23)29(25-11-7-5-8-12-25)31(32)30(26-13-9-6-10-14-26)28-21-17-24(4-2)18-22-28/h23-30H,3-22H2,1-2H3. The Labute approximate surface area is 200 Å². The van der Waals surface area contributed by atoms with Crippen molar-refractivity contribution in [3.63, 3.8) is 0 Å². The zero-order valence-electron chi connectivity index (χ0n) is 21.7. The summed E-state index contributed by atoms with van der Waals surface area (Å²) in [5.41, 5.74) is 0. The molecular formula is C31H54O. The molecule has 4 aliphatic carbocycles. The summed E-state index contributed by atoms with van der Waals surface area (Å²) < 4.78 is 0. The molecule has 184 valence electrons. The molecule has 32 heavy (non-hydrogen) atoms. The molecule has 1 nitrogen and oxygen atoms in total. The molecule has 0 N–H and O–H groups in total.